The van der Waals surface area contributed by atoms with Gasteiger partial charge in [-0.3, -0.25) is 0 Å². The number of imidazole rings is 1. The monoisotopic (exact) mass is 275 g/mol. The van der Waals surface area contributed by atoms with Crippen molar-refractivity contribution in [2.45, 2.75) is 45.1 Å². The van der Waals surface area contributed by atoms with Crippen LogP contribution in [0.5, 0.6) is 0 Å². The highest BCUT2D eigenvalue weighted by Gasteiger charge is 2.20. The first-order valence-electron chi connectivity index (χ1n) is 7.20. The molecule has 0 aliphatic heterocycles. The van der Waals surface area contributed by atoms with Gasteiger partial charge in [0.25, 0.3) is 0 Å². The fourth-order valence-electron chi connectivity index (χ4n) is 2.72. The zero-order chi connectivity index (χ0) is 13.1. The van der Waals surface area contributed by atoms with Crippen molar-refractivity contribution in [3.8, 4) is 0 Å². The van der Waals surface area contributed by atoms with Gasteiger partial charge in [0.2, 0.25) is 0 Å². The van der Waals surface area contributed by atoms with E-state index in [4.69, 9.17) is 0 Å². The number of rotatable bonds is 6. The lowest BCUT2D eigenvalue weighted by molar-refractivity contribution is 0.527. The number of nitrogens with zero attached hydrogens (tertiary/aromatic N) is 1. The molecule has 4 heteroatoms. The molecule has 0 spiro atoms. The summed E-state index contributed by atoms with van der Waals surface area (Å²) < 4.78 is 0. The van der Waals surface area contributed by atoms with Crippen LogP contribution in [0.1, 0.15) is 46.9 Å². The second-order valence-corrected chi connectivity index (χ2v) is 6.37. The van der Waals surface area contributed by atoms with Crippen LogP contribution in [-0.4, -0.2) is 16.5 Å². The highest BCUT2D eigenvalue weighted by atomic mass is 32.1. The third-order valence-electron chi connectivity index (χ3n) is 3.70. The van der Waals surface area contributed by atoms with Crippen molar-refractivity contribution in [3.05, 3.63) is 39.6 Å². The van der Waals surface area contributed by atoms with Crippen molar-refractivity contribution in [1.29, 1.82) is 0 Å². The zero-order valence-electron chi connectivity index (χ0n) is 11.4. The highest BCUT2D eigenvalue weighted by Crippen LogP contribution is 2.34. The van der Waals surface area contributed by atoms with E-state index in [0.29, 0.717) is 6.04 Å². The number of aromatic nitrogens is 2. The molecule has 3 rings (SSSR count). The predicted molar refractivity (Wildman–Crippen MR) is 79.7 cm³/mol. The maximum Gasteiger partial charge on any atom is 0.107 e. The number of fused-ring (bicyclic) bond motifs is 1. The Bertz CT molecular complexity index is 494. The quantitative estimate of drug-likeness (QED) is 0.849. The minimum atomic E-state index is 0.404. The average Bonchev–Trinajstić information content (AvgIpc) is 3.09. The van der Waals surface area contributed by atoms with Crippen LogP contribution in [-0.2, 0) is 19.3 Å². The van der Waals surface area contributed by atoms with Gasteiger partial charge in [-0.05, 0) is 43.9 Å². The van der Waals surface area contributed by atoms with E-state index >= 15 is 0 Å². The number of hydrogen-bond acceptors (Lipinski definition) is 3. The maximum absolute atomic E-state index is 4.36. The van der Waals surface area contributed by atoms with E-state index in [-0.39, 0.29) is 0 Å². The van der Waals surface area contributed by atoms with Gasteiger partial charge in [0.1, 0.15) is 5.82 Å². The van der Waals surface area contributed by atoms with Gasteiger partial charge in [-0.1, -0.05) is 6.92 Å². The van der Waals surface area contributed by atoms with Crippen molar-refractivity contribution < 1.29 is 0 Å². The van der Waals surface area contributed by atoms with Crippen LogP contribution in [0.15, 0.2) is 18.5 Å². The number of hydrogen-bond donors (Lipinski definition) is 2. The standard InChI is InChI=1S/C15H21N3S/c1-2-6-16-12(10-15-17-7-8-18-15)14-9-11-4-3-5-13(11)19-14/h7-9,12,16H,2-6,10H2,1H3,(H,17,18). The molecule has 2 aromatic rings. The summed E-state index contributed by atoms with van der Waals surface area (Å²) in [4.78, 5) is 10.7. The molecular formula is C15H21N3S. The SMILES string of the molecule is CCCNC(Cc1ncc[nH]1)c1cc2c(s1)CCC2. The van der Waals surface area contributed by atoms with E-state index in [0.717, 1.165) is 18.8 Å². The molecule has 1 unspecified atom stereocenters. The van der Waals surface area contributed by atoms with Crippen molar-refractivity contribution in [2.75, 3.05) is 6.54 Å². The molecule has 0 bridgehead atoms. The molecule has 1 aliphatic carbocycles. The number of H-pyrrole nitrogens is 1. The second kappa shape index (κ2) is 5.88. The zero-order valence-corrected chi connectivity index (χ0v) is 12.2. The van der Waals surface area contributed by atoms with E-state index in [1.54, 1.807) is 10.4 Å². The van der Waals surface area contributed by atoms with Gasteiger partial charge >= 0.3 is 0 Å². The molecule has 0 aromatic carbocycles. The summed E-state index contributed by atoms with van der Waals surface area (Å²) in [6, 6.07) is 2.82. The topological polar surface area (TPSA) is 40.7 Å². The minimum Gasteiger partial charge on any atom is -0.349 e. The Kier molecular flexibility index (Phi) is 3.99. The molecule has 19 heavy (non-hydrogen) atoms. The predicted octanol–water partition coefficient (Wildman–Crippen LogP) is 3.24. The van der Waals surface area contributed by atoms with E-state index in [1.807, 2.05) is 23.7 Å². The number of aryl methyl sites for hydroxylation is 2. The molecule has 0 radical (unpaired) electrons. The Morgan fingerprint density at radius 2 is 2.42 bits per heavy atom. The molecular weight excluding hydrogens is 254 g/mol. The Hall–Kier alpha value is -1.13. The first kappa shape index (κ1) is 12.9. The third-order valence-corrected chi connectivity index (χ3v) is 5.05. The smallest absolute Gasteiger partial charge is 0.107 e. The summed E-state index contributed by atoms with van der Waals surface area (Å²) in [5.74, 6) is 1.07. The first-order valence-corrected chi connectivity index (χ1v) is 8.01. The Morgan fingerprint density at radius 3 is 3.16 bits per heavy atom. The molecule has 0 amide bonds. The molecule has 0 saturated heterocycles. The van der Waals surface area contributed by atoms with Gasteiger partial charge in [-0.15, -0.1) is 11.3 Å². The van der Waals surface area contributed by atoms with E-state index in [2.05, 4.69) is 28.3 Å². The van der Waals surface area contributed by atoms with E-state index in [9.17, 15) is 0 Å². The summed E-state index contributed by atoms with van der Waals surface area (Å²) in [7, 11) is 0. The summed E-state index contributed by atoms with van der Waals surface area (Å²) >= 11 is 2.00. The van der Waals surface area contributed by atoms with Crippen LogP contribution >= 0.6 is 11.3 Å². The Morgan fingerprint density at radius 1 is 1.47 bits per heavy atom. The summed E-state index contributed by atoms with van der Waals surface area (Å²) in [6.45, 7) is 3.28. The van der Waals surface area contributed by atoms with E-state index in [1.165, 1.54) is 30.6 Å². The lowest BCUT2D eigenvalue weighted by atomic mass is 10.1. The van der Waals surface area contributed by atoms with Gasteiger partial charge in [0, 0.05) is 34.6 Å². The van der Waals surface area contributed by atoms with Crippen LogP contribution in [0.3, 0.4) is 0 Å². The number of aromatic amines is 1. The fraction of sp³-hybridized carbons (Fsp3) is 0.533. The molecule has 1 atom stereocenters. The minimum absolute atomic E-state index is 0.404. The molecule has 2 heterocycles. The van der Waals surface area contributed by atoms with Crippen molar-refractivity contribution in [3.63, 3.8) is 0 Å². The van der Waals surface area contributed by atoms with Gasteiger partial charge in [0.05, 0.1) is 0 Å². The molecule has 102 valence electrons. The molecule has 2 N–H and O–H groups in total. The van der Waals surface area contributed by atoms with Gasteiger partial charge < -0.3 is 10.3 Å². The fourth-order valence-corrected chi connectivity index (χ4v) is 4.05. The second-order valence-electron chi connectivity index (χ2n) is 5.20. The number of thiophene rings is 1. The number of nitrogens with one attached hydrogen (secondary N) is 2. The first-order chi connectivity index (χ1) is 9.36. The highest BCUT2D eigenvalue weighted by molar-refractivity contribution is 7.12. The molecule has 1 aliphatic rings. The van der Waals surface area contributed by atoms with Crippen molar-refractivity contribution in [2.24, 2.45) is 0 Å². The lowest BCUT2D eigenvalue weighted by Gasteiger charge is -2.16. The third kappa shape index (κ3) is 2.90. The van der Waals surface area contributed by atoms with Crippen LogP contribution in [0.25, 0.3) is 0 Å². The summed E-state index contributed by atoms with van der Waals surface area (Å²) in [5, 5.41) is 3.66. The van der Waals surface area contributed by atoms with Gasteiger partial charge in [-0.2, -0.15) is 0 Å². The lowest BCUT2D eigenvalue weighted by Crippen LogP contribution is -2.23. The molecule has 0 fully saturated rings. The molecule has 2 aromatic heterocycles. The summed E-state index contributed by atoms with van der Waals surface area (Å²) in [5.41, 5.74) is 1.59. The molecule has 0 saturated carbocycles. The van der Waals surface area contributed by atoms with Crippen LogP contribution in [0, 0.1) is 0 Å². The largest absolute Gasteiger partial charge is 0.349 e. The van der Waals surface area contributed by atoms with E-state index < -0.39 is 0 Å². The van der Waals surface area contributed by atoms with Crippen LogP contribution in [0.4, 0.5) is 0 Å². The molecule has 3 nitrogen and oxygen atoms in total. The average molecular weight is 275 g/mol. The maximum atomic E-state index is 4.36. The Balaban J connectivity index is 1.77. The Labute approximate surface area is 118 Å². The van der Waals surface area contributed by atoms with Crippen LogP contribution < -0.4 is 5.32 Å². The van der Waals surface area contributed by atoms with Crippen molar-refractivity contribution >= 4 is 11.3 Å². The van der Waals surface area contributed by atoms with Crippen molar-refractivity contribution in [1.82, 2.24) is 15.3 Å². The van der Waals surface area contributed by atoms with Gasteiger partial charge in [0.15, 0.2) is 0 Å². The summed E-state index contributed by atoms with van der Waals surface area (Å²) in [6.07, 6.45) is 9.74. The normalized spacial score (nSPS) is 15.6. The van der Waals surface area contributed by atoms with Gasteiger partial charge in [-0.25, -0.2) is 4.98 Å². The van der Waals surface area contributed by atoms with Crippen LogP contribution in [0.2, 0.25) is 0 Å².